The molecule has 0 N–H and O–H groups in total. The third-order valence-corrected chi connectivity index (χ3v) is 13.0. The Morgan fingerprint density at radius 3 is 2.33 bits per heavy atom. The van der Waals surface area contributed by atoms with Gasteiger partial charge in [-0.3, -0.25) is 19.2 Å². The van der Waals surface area contributed by atoms with E-state index in [1.54, 1.807) is 0 Å². The molecule has 254 valence electrons. The number of ketones is 1. The zero-order valence-electron chi connectivity index (χ0n) is 28.1. The van der Waals surface area contributed by atoms with Crippen LogP contribution in [-0.2, 0) is 52.4 Å². The number of methoxy groups -OCH3 is 1. The highest BCUT2D eigenvalue weighted by atomic mass is 16.7. The number of rotatable bonds is 8. The smallest absolute Gasteiger partial charge is 0.337 e. The second-order valence-corrected chi connectivity index (χ2v) is 15.0. The van der Waals surface area contributed by atoms with Crippen LogP contribution < -0.4 is 0 Å². The first-order valence-corrected chi connectivity index (χ1v) is 16.8. The number of Topliss-reactive ketones (excluding diaryl/α,β-unsaturated/α-hetero) is 1. The predicted octanol–water partition coefficient (Wildman–Crippen LogP) is 3.89. The van der Waals surface area contributed by atoms with Crippen LogP contribution in [0.25, 0.3) is 0 Å². The maximum absolute atomic E-state index is 14.4. The van der Waals surface area contributed by atoms with Crippen molar-refractivity contribution in [2.75, 3.05) is 20.3 Å². The van der Waals surface area contributed by atoms with E-state index in [1.807, 2.05) is 6.92 Å². The van der Waals surface area contributed by atoms with E-state index in [0.717, 1.165) is 37.7 Å². The monoisotopic (exact) mass is 644 g/mol. The molecule has 4 aliphatic carbocycles. The molecule has 1 saturated heterocycles. The minimum Gasteiger partial charge on any atom is -0.465 e. The lowest BCUT2D eigenvalue weighted by Crippen LogP contribution is -2.71. The molecule has 0 aromatic rings. The number of esters is 4. The standard InChI is InChI=1S/C35H48O11/c1-17-12-27(45-32(40)23(17)15-42-19(3)36)18(2)24-8-9-25-22-13-30-35(46-30)31(44-21(5)38)28(41-7)14-29(39)34(35,16-43-20(4)37)26(22)10-11-33(24,25)6/h18,22,24-28,30-31H,8-16H2,1-7H3. The van der Waals surface area contributed by atoms with Crippen molar-refractivity contribution in [3.8, 4) is 0 Å². The summed E-state index contributed by atoms with van der Waals surface area (Å²) in [6.07, 6.45) is 2.93. The van der Waals surface area contributed by atoms with Crippen LogP contribution in [0.1, 0.15) is 86.5 Å². The van der Waals surface area contributed by atoms with Crippen molar-refractivity contribution in [1.29, 1.82) is 0 Å². The molecule has 0 aromatic carbocycles. The normalized spacial score (nSPS) is 43.3. The predicted molar refractivity (Wildman–Crippen MR) is 161 cm³/mol. The first-order valence-electron chi connectivity index (χ1n) is 16.8. The fourth-order valence-electron chi connectivity index (χ4n) is 11.0. The van der Waals surface area contributed by atoms with E-state index in [-0.39, 0.29) is 60.8 Å². The molecule has 6 aliphatic rings. The average molecular weight is 645 g/mol. The average Bonchev–Trinajstić information content (AvgIpc) is 3.60. The molecular weight excluding hydrogens is 596 g/mol. The lowest BCUT2D eigenvalue weighted by molar-refractivity contribution is -0.210. The Morgan fingerprint density at radius 2 is 1.70 bits per heavy atom. The van der Waals surface area contributed by atoms with Crippen LogP contribution >= 0.6 is 0 Å². The minimum atomic E-state index is -1.13. The maximum atomic E-state index is 14.4. The highest BCUT2D eigenvalue weighted by Gasteiger charge is 2.85. The molecule has 5 fully saturated rings. The van der Waals surface area contributed by atoms with Crippen LogP contribution in [0.5, 0.6) is 0 Å². The Morgan fingerprint density at radius 1 is 0.978 bits per heavy atom. The second-order valence-electron chi connectivity index (χ2n) is 15.0. The van der Waals surface area contributed by atoms with Gasteiger partial charge in [0.1, 0.15) is 36.6 Å². The van der Waals surface area contributed by atoms with Crippen molar-refractivity contribution in [3.63, 3.8) is 0 Å². The summed E-state index contributed by atoms with van der Waals surface area (Å²) in [6.45, 7) is 10.3. The summed E-state index contributed by atoms with van der Waals surface area (Å²) in [7, 11) is 1.51. The van der Waals surface area contributed by atoms with Crippen LogP contribution in [-0.4, -0.2) is 80.0 Å². The van der Waals surface area contributed by atoms with Crippen molar-refractivity contribution < 1.29 is 52.4 Å². The van der Waals surface area contributed by atoms with Crippen LogP contribution in [0, 0.1) is 40.4 Å². The van der Waals surface area contributed by atoms with Crippen LogP contribution in [0.15, 0.2) is 11.1 Å². The van der Waals surface area contributed by atoms with E-state index >= 15 is 0 Å². The molecule has 4 saturated carbocycles. The number of epoxide rings is 1. The Kier molecular flexibility index (Phi) is 8.44. The summed E-state index contributed by atoms with van der Waals surface area (Å²) in [5.74, 6) is -1.10. The zero-order chi connectivity index (χ0) is 33.3. The van der Waals surface area contributed by atoms with Crippen molar-refractivity contribution >= 4 is 29.7 Å². The number of fused-ring (bicyclic) bond motifs is 4. The van der Waals surface area contributed by atoms with E-state index in [1.165, 1.54) is 27.9 Å². The third kappa shape index (κ3) is 4.85. The number of ether oxygens (including phenoxy) is 6. The summed E-state index contributed by atoms with van der Waals surface area (Å²) in [4.78, 5) is 63.3. The van der Waals surface area contributed by atoms with E-state index in [4.69, 9.17) is 28.4 Å². The molecule has 2 heterocycles. The summed E-state index contributed by atoms with van der Waals surface area (Å²) >= 11 is 0. The van der Waals surface area contributed by atoms with Crippen LogP contribution in [0.3, 0.4) is 0 Å². The highest BCUT2D eigenvalue weighted by Crippen LogP contribution is 2.74. The van der Waals surface area contributed by atoms with Gasteiger partial charge >= 0.3 is 23.9 Å². The van der Waals surface area contributed by atoms with Gasteiger partial charge in [0.2, 0.25) is 0 Å². The zero-order valence-corrected chi connectivity index (χ0v) is 28.1. The van der Waals surface area contributed by atoms with Crippen molar-refractivity contribution in [2.45, 2.75) is 117 Å². The Bertz CT molecular complexity index is 1350. The van der Waals surface area contributed by atoms with Gasteiger partial charge in [-0.25, -0.2) is 4.79 Å². The summed E-state index contributed by atoms with van der Waals surface area (Å²) in [5, 5.41) is 0. The van der Waals surface area contributed by atoms with Gasteiger partial charge in [-0.2, -0.15) is 0 Å². The Balaban J connectivity index is 1.28. The molecule has 12 atom stereocenters. The Labute approximate surface area is 270 Å². The number of cyclic esters (lactones) is 1. The molecule has 1 spiro atoms. The van der Waals surface area contributed by atoms with Gasteiger partial charge < -0.3 is 28.4 Å². The first kappa shape index (κ1) is 33.1. The third-order valence-electron chi connectivity index (χ3n) is 13.0. The number of carbonyl (C=O) groups excluding carboxylic acids is 5. The molecule has 0 radical (unpaired) electrons. The van der Waals surface area contributed by atoms with Crippen molar-refractivity contribution in [3.05, 3.63) is 11.1 Å². The summed E-state index contributed by atoms with van der Waals surface area (Å²) in [6, 6.07) is 0. The molecular formula is C35H48O11. The lowest BCUT2D eigenvalue weighted by Gasteiger charge is -2.60. The number of hydrogen-bond donors (Lipinski definition) is 0. The van der Waals surface area contributed by atoms with Gasteiger partial charge in [0.05, 0.1) is 11.7 Å². The highest BCUT2D eigenvalue weighted by molar-refractivity contribution is 5.91. The van der Waals surface area contributed by atoms with Gasteiger partial charge in [-0.05, 0) is 74.0 Å². The van der Waals surface area contributed by atoms with E-state index in [2.05, 4.69) is 13.8 Å². The molecule has 0 aromatic heterocycles. The summed E-state index contributed by atoms with van der Waals surface area (Å²) in [5.41, 5.74) is -0.961. The van der Waals surface area contributed by atoms with Crippen molar-refractivity contribution in [2.24, 2.45) is 40.4 Å². The van der Waals surface area contributed by atoms with Gasteiger partial charge in [0.25, 0.3) is 0 Å². The summed E-state index contributed by atoms with van der Waals surface area (Å²) < 4.78 is 35.0. The molecule has 2 aliphatic heterocycles. The van der Waals surface area contributed by atoms with Gasteiger partial charge in [-0.1, -0.05) is 19.4 Å². The molecule has 11 heteroatoms. The van der Waals surface area contributed by atoms with Gasteiger partial charge in [0.15, 0.2) is 11.7 Å². The SMILES string of the molecule is COC1CC(=O)C2(COC(C)=O)C3CCC4(C)C(C(C)C5CC(C)=C(COC(C)=O)C(=O)O5)CCC4C3CC3OC32C1OC(C)=O. The van der Waals surface area contributed by atoms with E-state index in [0.29, 0.717) is 23.8 Å². The van der Waals surface area contributed by atoms with Crippen LogP contribution in [0.4, 0.5) is 0 Å². The van der Waals surface area contributed by atoms with E-state index in [9.17, 15) is 24.0 Å². The molecule has 11 nitrogen and oxygen atoms in total. The molecule has 46 heavy (non-hydrogen) atoms. The number of hydrogen-bond acceptors (Lipinski definition) is 11. The minimum absolute atomic E-state index is 0.0475. The maximum Gasteiger partial charge on any atom is 0.337 e. The van der Waals surface area contributed by atoms with Gasteiger partial charge in [0, 0.05) is 40.7 Å². The fraction of sp³-hybridized carbons (Fsp3) is 0.800. The largest absolute Gasteiger partial charge is 0.465 e. The Hall–Kier alpha value is -2.79. The molecule has 12 unspecified atom stereocenters. The number of carbonyl (C=O) groups is 5. The fourth-order valence-corrected chi connectivity index (χ4v) is 11.0. The molecule has 0 amide bonds. The van der Waals surface area contributed by atoms with Crippen molar-refractivity contribution in [1.82, 2.24) is 0 Å². The first-order chi connectivity index (χ1) is 21.7. The second kappa shape index (κ2) is 11.7. The quantitative estimate of drug-likeness (QED) is 0.216. The lowest BCUT2D eigenvalue weighted by atomic mass is 9.43. The van der Waals surface area contributed by atoms with E-state index < -0.39 is 47.1 Å². The van der Waals surface area contributed by atoms with Gasteiger partial charge in [-0.15, -0.1) is 0 Å². The van der Waals surface area contributed by atoms with Crippen LogP contribution in [0.2, 0.25) is 0 Å². The molecule has 0 bridgehead atoms. The topological polar surface area (TPSA) is 144 Å². The molecule has 6 rings (SSSR count).